The Bertz CT molecular complexity index is 489. The normalized spacial score (nSPS) is 17.2. The third-order valence-corrected chi connectivity index (χ3v) is 2.97. The molecule has 4 heteroatoms. The molecule has 1 aromatic rings. The van der Waals surface area contributed by atoms with E-state index in [9.17, 15) is 4.79 Å². The molecule has 82 valence electrons. The van der Waals surface area contributed by atoms with Crippen molar-refractivity contribution in [2.45, 2.75) is 0 Å². The van der Waals surface area contributed by atoms with Gasteiger partial charge in [0.1, 0.15) is 11.5 Å². The smallest absolute Gasteiger partial charge is 0.336 e. The van der Waals surface area contributed by atoms with Crippen molar-refractivity contribution in [1.29, 1.82) is 0 Å². The summed E-state index contributed by atoms with van der Waals surface area (Å²) in [6.07, 6.45) is 3.02. The predicted octanol–water partition coefficient (Wildman–Crippen LogP) is 2.87. The molecule has 1 aromatic carbocycles. The second kappa shape index (κ2) is 4.53. The van der Waals surface area contributed by atoms with E-state index in [4.69, 9.17) is 9.47 Å². The zero-order valence-corrected chi connectivity index (χ0v) is 10.2. The maximum atomic E-state index is 10.9. The zero-order chi connectivity index (χ0) is 11.5. The van der Waals surface area contributed by atoms with Crippen molar-refractivity contribution in [3.8, 4) is 5.75 Å². The van der Waals surface area contributed by atoms with Gasteiger partial charge in [0, 0.05) is 6.08 Å². The molecule has 1 aliphatic rings. The Hall–Kier alpha value is -1.55. The van der Waals surface area contributed by atoms with Crippen molar-refractivity contribution in [3.05, 3.63) is 47.7 Å². The molecule has 0 aliphatic carbocycles. The third kappa shape index (κ3) is 2.17. The van der Waals surface area contributed by atoms with E-state index < -0.39 is 0 Å². The molecule has 0 fully saturated rings. The molecule has 3 nitrogen and oxygen atoms in total. The van der Waals surface area contributed by atoms with Gasteiger partial charge < -0.3 is 9.47 Å². The summed E-state index contributed by atoms with van der Waals surface area (Å²) in [4.78, 5) is 10.9. The first kappa shape index (κ1) is 11.0. The van der Waals surface area contributed by atoms with Gasteiger partial charge in [0.2, 0.25) is 0 Å². The topological polar surface area (TPSA) is 35.5 Å². The number of ether oxygens (including phenoxy) is 2. The van der Waals surface area contributed by atoms with Crippen molar-refractivity contribution in [2.24, 2.45) is 0 Å². The van der Waals surface area contributed by atoms with E-state index in [2.05, 4.69) is 15.9 Å². The van der Waals surface area contributed by atoms with E-state index in [1.807, 2.05) is 24.3 Å². The fourth-order valence-corrected chi connectivity index (χ4v) is 1.80. The van der Waals surface area contributed by atoms with Gasteiger partial charge in [-0.25, -0.2) is 4.79 Å². The van der Waals surface area contributed by atoms with Crippen molar-refractivity contribution in [1.82, 2.24) is 0 Å². The second-order valence-electron chi connectivity index (χ2n) is 3.16. The maximum Gasteiger partial charge on any atom is 0.336 e. The fraction of sp³-hybridized carbons (Fsp3) is 0.0833. The molecule has 0 spiro atoms. The minimum Gasteiger partial charge on any atom is -0.497 e. The number of halogens is 1. The quantitative estimate of drug-likeness (QED) is 0.782. The molecule has 16 heavy (non-hydrogen) atoms. The number of allylic oxidation sites excluding steroid dienone is 1. The Balaban J connectivity index is 2.37. The highest BCUT2D eigenvalue weighted by molar-refractivity contribution is 9.15. The number of cyclic esters (lactones) is 1. The number of methoxy groups -OCH3 is 1. The number of carbonyl (C=O) groups is 1. The molecule has 0 bridgehead atoms. The molecule has 0 saturated heterocycles. The van der Waals surface area contributed by atoms with Crippen molar-refractivity contribution in [2.75, 3.05) is 7.11 Å². The van der Waals surface area contributed by atoms with Crippen LogP contribution in [0, 0.1) is 0 Å². The summed E-state index contributed by atoms with van der Waals surface area (Å²) in [7, 11) is 1.61. The first-order valence-electron chi connectivity index (χ1n) is 4.65. The van der Waals surface area contributed by atoms with Gasteiger partial charge in [0.05, 0.1) is 11.6 Å². The lowest BCUT2D eigenvalue weighted by atomic mass is 10.2. The molecule has 0 saturated carbocycles. The summed E-state index contributed by atoms with van der Waals surface area (Å²) in [5, 5.41) is 0. The Morgan fingerprint density at radius 2 is 2.19 bits per heavy atom. The molecular formula is C12H9BrO3. The van der Waals surface area contributed by atoms with E-state index in [1.54, 1.807) is 13.2 Å². The van der Waals surface area contributed by atoms with E-state index in [-0.39, 0.29) is 5.97 Å². The first-order valence-corrected chi connectivity index (χ1v) is 5.44. The summed E-state index contributed by atoms with van der Waals surface area (Å²) in [6, 6.07) is 7.48. The Kier molecular flexibility index (Phi) is 3.10. The van der Waals surface area contributed by atoms with Crippen LogP contribution in [0.25, 0.3) is 4.48 Å². The van der Waals surface area contributed by atoms with Crippen LogP contribution in [0.4, 0.5) is 0 Å². The van der Waals surface area contributed by atoms with E-state index in [0.717, 1.165) is 15.8 Å². The maximum absolute atomic E-state index is 10.9. The van der Waals surface area contributed by atoms with Crippen LogP contribution in [0.3, 0.4) is 0 Å². The van der Waals surface area contributed by atoms with Gasteiger partial charge in [0.25, 0.3) is 0 Å². The van der Waals surface area contributed by atoms with Gasteiger partial charge in [-0.1, -0.05) is 12.1 Å². The standard InChI is InChI=1S/C12H9BrO3/c1-15-9-4-2-3-8(7-9)12(13)10-5-6-11(14)16-10/h2-7H,1H3/b12-10-. The molecule has 0 radical (unpaired) electrons. The van der Waals surface area contributed by atoms with Crippen LogP contribution in [0.2, 0.25) is 0 Å². The molecular weight excluding hydrogens is 272 g/mol. The van der Waals surface area contributed by atoms with Crippen LogP contribution in [-0.2, 0) is 9.53 Å². The summed E-state index contributed by atoms with van der Waals surface area (Å²) in [5.74, 6) is 0.913. The van der Waals surface area contributed by atoms with Gasteiger partial charge >= 0.3 is 5.97 Å². The summed E-state index contributed by atoms with van der Waals surface area (Å²) in [5.41, 5.74) is 0.897. The number of hydrogen-bond donors (Lipinski definition) is 0. The van der Waals surface area contributed by atoms with E-state index in [1.165, 1.54) is 6.08 Å². The molecule has 0 aromatic heterocycles. The van der Waals surface area contributed by atoms with Gasteiger partial charge in [0.15, 0.2) is 0 Å². The Labute approximate surface area is 101 Å². The van der Waals surface area contributed by atoms with Crippen LogP contribution >= 0.6 is 15.9 Å². The lowest BCUT2D eigenvalue weighted by molar-refractivity contribution is -0.132. The lowest BCUT2D eigenvalue weighted by Gasteiger charge is -2.05. The molecule has 1 heterocycles. The van der Waals surface area contributed by atoms with Gasteiger partial charge in [-0.15, -0.1) is 0 Å². The minimum absolute atomic E-state index is 0.352. The summed E-state index contributed by atoms with van der Waals surface area (Å²) in [6.45, 7) is 0. The van der Waals surface area contributed by atoms with Crippen LogP contribution in [0.1, 0.15) is 5.56 Å². The average molecular weight is 281 g/mol. The van der Waals surface area contributed by atoms with E-state index >= 15 is 0 Å². The van der Waals surface area contributed by atoms with Crippen LogP contribution in [-0.4, -0.2) is 13.1 Å². The Morgan fingerprint density at radius 1 is 1.38 bits per heavy atom. The number of carbonyl (C=O) groups excluding carboxylic acids is 1. The lowest BCUT2D eigenvalue weighted by Crippen LogP contribution is -1.92. The molecule has 1 aliphatic heterocycles. The van der Waals surface area contributed by atoms with Crippen LogP contribution in [0.5, 0.6) is 5.75 Å². The van der Waals surface area contributed by atoms with Gasteiger partial charge in [-0.2, -0.15) is 0 Å². The number of hydrogen-bond acceptors (Lipinski definition) is 3. The van der Waals surface area contributed by atoms with Crippen molar-refractivity contribution in [3.63, 3.8) is 0 Å². The number of benzene rings is 1. The average Bonchev–Trinajstić information content (AvgIpc) is 2.75. The number of rotatable bonds is 2. The minimum atomic E-state index is -0.352. The predicted molar refractivity (Wildman–Crippen MR) is 64.1 cm³/mol. The summed E-state index contributed by atoms with van der Waals surface area (Å²) >= 11 is 3.40. The van der Waals surface area contributed by atoms with Crippen LogP contribution in [0.15, 0.2) is 42.2 Å². The number of esters is 1. The van der Waals surface area contributed by atoms with Gasteiger partial charge in [-0.05, 0) is 39.7 Å². The first-order chi connectivity index (χ1) is 7.70. The molecule has 0 unspecified atom stereocenters. The Morgan fingerprint density at radius 3 is 2.81 bits per heavy atom. The van der Waals surface area contributed by atoms with E-state index in [0.29, 0.717) is 5.76 Å². The highest BCUT2D eigenvalue weighted by atomic mass is 79.9. The molecule has 0 atom stereocenters. The van der Waals surface area contributed by atoms with Gasteiger partial charge in [-0.3, -0.25) is 0 Å². The molecule has 0 amide bonds. The second-order valence-corrected chi connectivity index (χ2v) is 3.96. The molecule has 2 rings (SSSR count). The fourth-order valence-electron chi connectivity index (χ4n) is 1.34. The highest BCUT2D eigenvalue weighted by Crippen LogP contribution is 2.30. The van der Waals surface area contributed by atoms with Crippen molar-refractivity contribution < 1.29 is 14.3 Å². The SMILES string of the molecule is COc1cccc(/C(Br)=C2\C=CC(=O)O2)c1. The largest absolute Gasteiger partial charge is 0.497 e. The third-order valence-electron chi connectivity index (χ3n) is 2.12. The summed E-state index contributed by atoms with van der Waals surface area (Å²) < 4.78 is 10.8. The zero-order valence-electron chi connectivity index (χ0n) is 8.57. The highest BCUT2D eigenvalue weighted by Gasteiger charge is 2.14. The van der Waals surface area contributed by atoms with Crippen LogP contribution < -0.4 is 4.74 Å². The monoisotopic (exact) mass is 280 g/mol. The van der Waals surface area contributed by atoms with Crippen molar-refractivity contribution >= 4 is 26.4 Å². The molecule has 0 N–H and O–H groups in total.